The molecule has 7 heteroatoms. The van der Waals surface area contributed by atoms with Gasteiger partial charge in [0.15, 0.2) is 14.1 Å². The molecule has 1 aliphatic carbocycles. The first-order chi connectivity index (χ1) is 13.8. The molecule has 0 unspecified atom stereocenters. The highest BCUT2D eigenvalue weighted by Crippen LogP contribution is 2.52. The van der Waals surface area contributed by atoms with Crippen molar-refractivity contribution in [3.8, 4) is 0 Å². The van der Waals surface area contributed by atoms with Gasteiger partial charge in [0.2, 0.25) is 0 Å². The van der Waals surface area contributed by atoms with Crippen molar-refractivity contribution in [2.45, 2.75) is 84.4 Å². The molecule has 0 aromatic heterocycles. The van der Waals surface area contributed by atoms with Crippen LogP contribution in [0, 0.1) is 23.2 Å². The number of hydrogen-bond donors (Lipinski definition) is 0. The summed E-state index contributed by atoms with van der Waals surface area (Å²) in [6.45, 7) is 19.3. The Bertz CT molecular complexity index is 573. The van der Waals surface area contributed by atoms with Gasteiger partial charge in [-0.15, -0.1) is 0 Å². The predicted molar refractivity (Wildman–Crippen MR) is 120 cm³/mol. The van der Waals surface area contributed by atoms with Gasteiger partial charge in [-0.1, -0.05) is 27.7 Å². The SMILES string of the molecule is COCOC[C@@H]1CC[C@H](C=O)[C@](C)(CO[Si](C)(C)C(C)(C)C)[C@H]1[C@@H]1COC(C)(C)O1. The molecular formula is C23H44O6Si. The minimum atomic E-state index is -1.97. The zero-order chi connectivity index (χ0) is 22.8. The van der Waals surface area contributed by atoms with Gasteiger partial charge in [-0.2, -0.15) is 0 Å². The fraction of sp³-hybridized carbons (Fsp3) is 0.957. The van der Waals surface area contributed by atoms with E-state index < -0.39 is 14.1 Å². The van der Waals surface area contributed by atoms with Gasteiger partial charge in [-0.25, -0.2) is 0 Å². The summed E-state index contributed by atoms with van der Waals surface area (Å²) >= 11 is 0. The van der Waals surface area contributed by atoms with Crippen molar-refractivity contribution in [1.82, 2.24) is 0 Å². The van der Waals surface area contributed by atoms with Crippen molar-refractivity contribution >= 4 is 14.6 Å². The van der Waals surface area contributed by atoms with Crippen LogP contribution < -0.4 is 0 Å². The minimum absolute atomic E-state index is 0.0711. The smallest absolute Gasteiger partial charge is 0.192 e. The van der Waals surface area contributed by atoms with Gasteiger partial charge in [-0.3, -0.25) is 0 Å². The standard InChI is InChI=1S/C23H44O6Si/c1-21(2,3)30(8,9)28-15-23(6)18(12-24)11-10-17(13-26-16-25-7)20(23)19-14-27-22(4,5)29-19/h12,17-20H,10-11,13-16H2,1-9H3/t17-,18+,19-,20+,23-/m0/s1. The van der Waals surface area contributed by atoms with Gasteiger partial charge in [-0.05, 0) is 50.7 Å². The topological polar surface area (TPSA) is 63.2 Å². The quantitative estimate of drug-likeness (QED) is 0.224. The summed E-state index contributed by atoms with van der Waals surface area (Å²) in [5.74, 6) is -0.326. The Hall–Kier alpha value is -0.313. The zero-order valence-electron chi connectivity index (χ0n) is 20.6. The largest absolute Gasteiger partial charge is 0.416 e. The number of ether oxygens (including phenoxy) is 4. The van der Waals surface area contributed by atoms with Crippen LogP contribution in [-0.2, 0) is 28.2 Å². The van der Waals surface area contributed by atoms with Crippen LogP contribution in [0.5, 0.6) is 0 Å². The minimum Gasteiger partial charge on any atom is -0.416 e. The van der Waals surface area contributed by atoms with E-state index in [0.29, 0.717) is 19.8 Å². The second kappa shape index (κ2) is 9.67. The first-order valence-corrected chi connectivity index (χ1v) is 14.2. The normalized spacial score (nSPS) is 34.8. The molecule has 176 valence electrons. The summed E-state index contributed by atoms with van der Waals surface area (Å²) in [4.78, 5) is 12.2. The molecule has 0 N–H and O–H groups in total. The van der Waals surface area contributed by atoms with E-state index >= 15 is 0 Å². The Balaban J connectivity index is 2.34. The Kier molecular flexibility index (Phi) is 8.36. The molecule has 1 heterocycles. The monoisotopic (exact) mass is 444 g/mol. The molecule has 6 nitrogen and oxygen atoms in total. The van der Waals surface area contributed by atoms with Gasteiger partial charge < -0.3 is 28.2 Å². The average Bonchev–Trinajstić information content (AvgIpc) is 2.99. The van der Waals surface area contributed by atoms with Gasteiger partial charge in [0.1, 0.15) is 13.1 Å². The van der Waals surface area contributed by atoms with Crippen LogP contribution in [-0.4, -0.2) is 60.2 Å². The summed E-state index contributed by atoms with van der Waals surface area (Å²) in [5, 5.41) is 0.111. The third kappa shape index (κ3) is 5.73. The number of methoxy groups -OCH3 is 1. The number of carbonyl (C=O) groups excluding carboxylic acids is 1. The Labute approximate surface area is 184 Å². The maximum absolute atomic E-state index is 12.2. The van der Waals surface area contributed by atoms with Crippen molar-refractivity contribution in [3.05, 3.63) is 0 Å². The third-order valence-electron chi connectivity index (χ3n) is 7.64. The second-order valence-corrected chi connectivity index (χ2v) is 16.1. The van der Waals surface area contributed by atoms with E-state index in [4.69, 9.17) is 23.4 Å². The summed E-state index contributed by atoms with van der Waals surface area (Å²) in [7, 11) is -0.335. The van der Waals surface area contributed by atoms with Crippen molar-refractivity contribution in [2.24, 2.45) is 23.2 Å². The highest BCUT2D eigenvalue weighted by atomic mass is 28.4. The molecule has 0 bridgehead atoms. The van der Waals surface area contributed by atoms with Crippen molar-refractivity contribution in [2.75, 3.05) is 33.7 Å². The first kappa shape index (κ1) is 25.9. The summed E-state index contributed by atoms with van der Waals surface area (Å²) in [5.41, 5.74) is -0.342. The van der Waals surface area contributed by atoms with Gasteiger partial charge in [0.25, 0.3) is 0 Å². The van der Waals surface area contributed by atoms with Crippen molar-refractivity contribution in [3.63, 3.8) is 0 Å². The third-order valence-corrected chi connectivity index (χ3v) is 12.1. The van der Waals surface area contributed by atoms with E-state index in [-0.39, 0.29) is 41.1 Å². The molecule has 1 saturated carbocycles. The lowest BCUT2D eigenvalue weighted by Gasteiger charge is -2.52. The second-order valence-electron chi connectivity index (χ2n) is 11.3. The van der Waals surface area contributed by atoms with E-state index in [1.165, 1.54) is 0 Å². The van der Waals surface area contributed by atoms with Crippen molar-refractivity contribution in [1.29, 1.82) is 0 Å². The predicted octanol–water partition coefficient (Wildman–Crippen LogP) is 4.63. The highest BCUT2D eigenvalue weighted by Gasteiger charge is 2.55. The van der Waals surface area contributed by atoms with Gasteiger partial charge in [0, 0.05) is 31.0 Å². The first-order valence-electron chi connectivity index (χ1n) is 11.2. The molecule has 1 aliphatic heterocycles. The van der Waals surface area contributed by atoms with E-state index in [1.807, 2.05) is 13.8 Å². The zero-order valence-corrected chi connectivity index (χ0v) is 21.6. The van der Waals surface area contributed by atoms with E-state index in [0.717, 1.165) is 19.1 Å². The maximum atomic E-state index is 12.2. The number of hydrogen-bond acceptors (Lipinski definition) is 6. The van der Waals surface area contributed by atoms with Crippen LogP contribution >= 0.6 is 0 Å². The molecule has 1 saturated heterocycles. The van der Waals surface area contributed by atoms with Crippen LogP contribution in [0.2, 0.25) is 18.1 Å². The Morgan fingerprint density at radius 2 is 1.83 bits per heavy atom. The molecule has 2 aliphatic rings. The van der Waals surface area contributed by atoms with Gasteiger partial charge >= 0.3 is 0 Å². The van der Waals surface area contributed by atoms with E-state index in [1.54, 1.807) is 7.11 Å². The van der Waals surface area contributed by atoms with Crippen LogP contribution in [0.1, 0.15) is 54.4 Å². The molecule has 0 aromatic carbocycles. The molecular weight excluding hydrogens is 400 g/mol. The van der Waals surface area contributed by atoms with E-state index in [9.17, 15) is 4.79 Å². The van der Waals surface area contributed by atoms with Crippen LogP contribution in [0.25, 0.3) is 0 Å². The molecule has 0 amide bonds. The molecule has 30 heavy (non-hydrogen) atoms. The number of aldehydes is 1. The van der Waals surface area contributed by atoms with Gasteiger partial charge in [0.05, 0.1) is 19.3 Å². The summed E-state index contributed by atoms with van der Waals surface area (Å²) in [6.07, 6.45) is 2.81. The molecule has 0 aromatic rings. The lowest BCUT2D eigenvalue weighted by molar-refractivity contribution is -0.176. The molecule has 5 atom stereocenters. The lowest BCUT2D eigenvalue weighted by Crippen LogP contribution is -2.55. The number of rotatable bonds is 9. The van der Waals surface area contributed by atoms with Crippen LogP contribution in [0.3, 0.4) is 0 Å². The van der Waals surface area contributed by atoms with Crippen LogP contribution in [0.15, 0.2) is 0 Å². The molecule has 0 spiro atoms. The fourth-order valence-corrected chi connectivity index (χ4v) is 5.86. The maximum Gasteiger partial charge on any atom is 0.192 e. The highest BCUT2D eigenvalue weighted by molar-refractivity contribution is 6.74. The number of carbonyl (C=O) groups is 1. The van der Waals surface area contributed by atoms with E-state index in [2.05, 4.69) is 40.8 Å². The van der Waals surface area contributed by atoms with Crippen LogP contribution in [0.4, 0.5) is 0 Å². The fourth-order valence-electron chi connectivity index (χ4n) is 4.76. The molecule has 0 radical (unpaired) electrons. The Morgan fingerprint density at radius 3 is 2.33 bits per heavy atom. The lowest BCUT2D eigenvalue weighted by atomic mass is 9.56. The average molecular weight is 445 g/mol. The Morgan fingerprint density at radius 1 is 1.17 bits per heavy atom. The molecule has 2 rings (SSSR count). The summed E-state index contributed by atoms with van der Waals surface area (Å²) < 4.78 is 29.9. The molecule has 2 fully saturated rings. The van der Waals surface area contributed by atoms with Crippen molar-refractivity contribution < 1.29 is 28.2 Å². The summed E-state index contributed by atoms with van der Waals surface area (Å²) in [6, 6.07) is 0.